The molecule has 0 aliphatic rings. The zero-order valence-corrected chi connectivity index (χ0v) is 7.76. The number of hydrogen-bond acceptors (Lipinski definition) is 7. The Labute approximate surface area is 80.2 Å². The first kappa shape index (κ1) is 13.1. The van der Waals surface area contributed by atoms with Gasteiger partial charge in [0.25, 0.3) is 0 Å². The third-order valence-corrected chi connectivity index (χ3v) is 2.42. The monoisotopic (exact) mass is 213 g/mol. The fourth-order valence-corrected chi connectivity index (χ4v) is 1.17. The molecule has 0 rings (SSSR count). The van der Waals surface area contributed by atoms with Crippen LogP contribution in [0.5, 0.6) is 0 Å². The first-order chi connectivity index (χ1) is 6.08. The number of nitrogens with two attached hydrogens (primary N) is 1. The van der Waals surface area contributed by atoms with Crippen molar-refractivity contribution < 1.29 is 25.0 Å². The molecule has 13 heavy (non-hydrogen) atoms. The van der Waals surface area contributed by atoms with E-state index in [9.17, 15) is 10.2 Å². The third-order valence-electron chi connectivity index (χ3n) is 1.68. The number of aliphatic hydroxyl groups excluding tert-OH is 4. The van der Waals surface area contributed by atoms with E-state index in [1.807, 2.05) is 0 Å². The second-order valence-electron chi connectivity index (χ2n) is 2.61. The summed E-state index contributed by atoms with van der Waals surface area (Å²) < 4.78 is 8.62. The van der Waals surface area contributed by atoms with Crippen molar-refractivity contribution in [3.63, 3.8) is 0 Å². The van der Waals surface area contributed by atoms with Gasteiger partial charge in [0.1, 0.15) is 12.2 Å². The fraction of sp³-hybridized carbons (Fsp3) is 1.00. The van der Waals surface area contributed by atoms with Gasteiger partial charge in [-0.1, -0.05) is 0 Å². The fourth-order valence-electron chi connectivity index (χ4n) is 0.800. The van der Waals surface area contributed by atoms with Crippen molar-refractivity contribution in [2.24, 2.45) is 5.73 Å². The molecule has 0 bridgehead atoms. The van der Waals surface area contributed by atoms with Crippen LogP contribution >= 0.6 is 12.0 Å². The molecular formula is C6H15NO5S. The molecule has 0 aromatic rings. The topological polar surface area (TPSA) is 127 Å². The molecule has 0 aromatic heterocycles. The largest absolute Gasteiger partial charge is 0.394 e. The molecule has 4 unspecified atom stereocenters. The van der Waals surface area contributed by atoms with Gasteiger partial charge in [0.2, 0.25) is 0 Å². The van der Waals surface area contributed by atoms with Crippen LogP contribution in [0.4, 0.5) is 0 Å². The highest BCUT2D eigenvalue weighted by Crippen LogP contribution is 2.14. The Bertz CT molecular complexity index is 134. The molecule has 0 aliphatic heterocycles. The smallest absolute Gasteiger partial charge is 0.109 e. The average Bonchev–Trinajstić information content (AvgIpc) is 2.17. The van der Waals surface area contributed by atoms with Gasteiger partial charge in [-0.15, -0.1) is 0 Å². The molecule has 0 fully saturated rings. The van der Waals surface area contributed by atoms with Crippen LogP contribution in [0.15, 0.2) is 0 Å². The maximum Gasteiger partial charge on any atom is 0.109 e. The molecule has 0 spiro atoms. The molecule has 6 nitrogen and oxygen atoms in total. The lowest BCUT2D eigenvalue weighted by Crippen LogP contribution is -2.46. The molecule has 0 amide bonds. The van der Waals surface area contributed by atoms with Crippen LogP contribution in [0.25, 0.3) is 0 Å². The molecule has 0 aromatic carbocycles. The predicted octanol–water partition coefficient (Wildman–Crippen LogP) is -2.41. The van der Waals surface area contributed by atoms with E-state index in [0.29, 0.717) is 12.0 Å². The first-order valence-electron chi connectivity index (χ1n) is 3.73. The Morgan fingerprint density at radius 3 is 2.00 bits per heavy atom. The van der Waals surface area contributed by atoms with Gasteiger partial charge >= 0.3 is 0 Å². The van der Waals surface area contributed by atoms with E-state index in [0.717, 1.165) is 0 Å². The Morgan fingerprint density at radius 1 is 1.15 bits per heavy atom. The summed E-state index contributed by atoms with van der Waals surface area (Å²) in [5.41, 5.74) is 5.17. The molecule has 4 atom stereocenters. The normalized spacial score (nSPS) is 20.8. The van der Waals surface area contributed by atoms with Gasteiger partial charge < -0.3 is 30.7 Å². The van der Waals surface area contributed by atoms with E-state index in [1.165, 1.54) is 0 Å². The highest BCUT2D eigenvalue weighted by atomic mass is 32.2. The second-order valence-corrected chi connectivity index (χ2v) is 3.43. The highest BCUT2D eigenvalue weighted by Gasteiger charge is 2.30. The zero-order valence-electron chi connectivity index (χ0n) is 6.95. The summed E-state index contributed by atoms with van der Waals surface area (Å²) in [7, 11) is 0. The summed E-state index contributed by atoms with van der Waals surface area (Å²) in [6.07, 6.45) is -4.32. The number of aliphatic hydroxyl groups is 4. The van der Waals surface area contributed by atoms with Gasteiger partial charge in [-0.3, -0.25) is 0 Å². The van der Waals surface area contributed by atoms with Gasteiger partial charge in [0.05, 0.1) is 18.0 Å². The van der Waals surface area contributed by atoms with Crippen LogP contribution in [-0.4, -0.2) is 61.7 Å². The van der Waals surface area contributed by atoms with E-state index < -0.39 is 30.2 Å². The van der Waals surface area contributed by atoms with Crippen LogP contribution in [-0.2, 0) is 0 Å². The minimum absolute atomic E-state index is 0.0441. The molecule has 80 valence electrons. The van der Waals surface area contributed by atoms with Crippen molar-refractivity contribution >= 4 is 12.0 Å². The summed E-state index contributed by atoms with van der Waals surface area (Å²) in [4.78, 5) is 0. The van der Waals surface area contributed by atoms with Crippen LogP contribution in [0, 0.1) is 0 Å². The third kappa shape index (κ3) is 3.77. The summed E-state index contributed by atoms with van der Waals surface area (Å²) in [5, 5.41) is 35.1. The van der Waals surface area contributed by atoms with Crippen molar-refractivity contribution in [1.29, 1.82) is 0 Å². The molecule has 0 heterocycles. The number of hydrogen-bond donors (Lipinski definition) is 6. The van der Waals surface area contributed by atoms with Gasteiger partial charge in [0.15, 0.2) is 0 Å². The van der Waals surface area contributed by atoms with Crippen molar-refractivity contribution in [3.05, 3.63) is 0 Å². The van der Waals surface area contributed by atoms with E-state index in [2.05, 4.69) is 0 Å². The quantitative estimate of drug-likeness (QED) is 0.271. The molecule has 7 N–H and O–H groups in total. The van der Waals surface area contributed by atoms with E-state index >= 15 is 0 Å². The van der Waals surface area contributed by atoms with Crippen molar-refractivity contribution in [3.8, 4) is 0 Å². The second kappa shape index (κ2) is 6.55. The maximum atomic E-state index is 9.30. The molecule has 0 aliphatic carbocycles. The molecule has 7 heteroatoms. The molecular weight excluding hydrogens is 198 g/mol. The Balaban J connectivity index is 4.13. The van der Waals surface area contributed by atoms with Gasteiger partial charge in [-0.25, -0.2) is 0 Å². The van der Waals surface area contributed by atoms with Crippen molar-refractivity contribution in [2.45, 2.75) is 23.6 Å². The lowest BCUT2D eigenvalue weighted by atomic mass is 10.1. The summed E-state index contributed by atoms with van der Waals surface area (Å²) >= 11 is 0.306. The van der Waals surface area contributed by atoms with E-state index in [4.69, 9.17) is 20.5 Å². The zero-order chi connectivity index (χ0) is 10.4. The Kier molecular flexibility index (Phi) is 6.60. The lowest BCUT2D eigenvalue weighted by molar-refractivity contribution is -0.0757. The van der Waals surface area contributed by atoms with E-state index in [-0.39, 0.29) is 6.54 Å². The van der Waals surface area contributed by atoms with Crippen molar-refractivity contribution in [2.75, 3.05) is 13.2 Å². The number of rotatable bonds is 6. The summed E-state index contributed by atoms with van der Waals surface area (Å²) in [6.45, 7) is -0.705. The maximum absolute atomic E-state index is 9.30. The van der Waals surface area contributed by atoms with Gasteiger partial charge in [-0.2, -0.15) is 0 Å². The first-order valence-corrected chi connectivity index (χ1v) is 4.57. The summed E-state index contributed by atoms with van der Waals surface area (Å²) in [6, 6.07) is 0. The molecule has 0 saturated carbocycles. The van der Waals surface area contributed by atoms with Gasteiger partial charge in [-0.05, 0) is 12.0 Å². The SMILES string of the molecule is NCC(SO)C(O)C(O)C(O)CO. The standard InChI is InChI=1S/C6H15NO5S/c7-1-4(13-12)6(11)5(10)3(9)2-8/h3-6,8-12H,1-2,7H2. The van der Waals surface area contributed by atoms with Crippen LogP contribution in [0.1, 0.15) is 0 Å². The van der Waals surface area contributed by atoms with Crippen LogP contribution in [0.3, 0.4) is 0 Å². The minimum Gasteiger partial charge on any atom is -0.394 e. The van der Waals surface area contributed by atoms with Crippen LogP contribution < -0.4 is 5.73 Å². The van der Waals surface area contributed by atoms with E-state index in [1.54, 1.807) is 0 Å². The molecule has 0 saturated heterocycles. The highest BCUT2D eigenvalue weighted by molar-refractivity contribution is 7.94. The van der Waals surface area contributed by atoms with Gasteiger partial charge in [0, 0.05) is 6.54 Å². The molecule has 0 radical (unpaired) electrons. The summed E-state index contributed by atoms with van der Waals surface area (Å²) in [5.74, 6) is 0. The Morgan fingerprint density at radius 2 is 1.69 bits per heavy atom. The average molecular weight is 213 g/mol. The minimum atomic E-state index is -1.52. The Hall–Kier alpha value is 0.110. The lowest BCUT2D eigenvalue weighted by Gasteiger charge is -2.25. The predicted molar refractivity (Wildman–Crippen MR) is 48.2 cm³/mol. The van der Waals surface area contributed by atoms with Crippen LogP contribution in [0.2, 0.25) is 0 Å². The van der Waals surface area contributed by atoms with Crippen molar-refractivity contribution in [1.82, 2.24) is 0 Å².